The largest absolute Gasteiger partial charge is 0.350 e. The van der Waals surface area contributed by atoms with E-state index in [-0.39, 0.29) is 30.4 Å². The summed E-state index contributed by atoms with van der Waals surface area (Å²) in [5.41, 5.74) is 0.474. The average Bonchev–Trinajstić information content (AvgIpc) is 2.83. The smallest absolute Gasteiger partial charge is 0.274 e. The summed E-state index contributed by atoms with van der Waals surface area (Å²) in [4.78, 5) is 30.2. The van der Waals surface area contributed by atoms with Gasteiger partial charge < -0.3 is 10.2 Å². The molecule has 0 aromatic carbocycles. The van der Waals surface area contributed by atoms with E-state index in [1.807, 2.05) is 6.92 Å². The molecule has 0 radical (unpaired) electrons. The molecule has 0 bridgehead atoms. The van der Waals surface area contributed by atoms with Gasteiger partial charge in [0.05, 0.1) is 11.0 Å². The van der Waals surface area contributed by atoms with Crippen LogP contribution in [-0.4, -0.2) is 40.3 Å². The van der Waals surface area contributed by atoms with Gasteiger partial charge in [0.1, 0.15) is 12.2 Å². The Labute approximate surface area is 116 Å². The van der Waals surface area contributed by atoms with Gasteiger partial charge in [-0.15, -0.1) is 11.3 Å². The molecule has 3 rings (SSSR count). The van der Waals surface area contributed by atoms with Gasteiger partial charge in [-0.2, -0.15) is 0 Å². The molecule has 1 aliphatic carbocycles. The number of carbonyl (C=O) groups excluding carboxylic acids is 2. The van der Waals surface area contributed by atoms with Crippen LogP contribution in [-0.2, 0) is 4.79 Å². The summed E-state index contributed by atoms with van der Waals surface area (Å²) in [6.07, 6.45) is 4.19. The maximum atomic E-state index is 12.5. The third kappa shape index (κ3) is 2.36. The van der Waals surface area contributed by atoms with Crippen LogP contribution in [0.25, 0.3) is 0 Å². The second-order valence-corrected chi connectivity index (χ2v) is 6.27. The fraction of sp³-hybridized carbons (Fsp3) is 0.615. The first kappa shape index (κ1) is 12.6. The van der Waals surface area contributed by atoms with Crippen molar-refractivity contribution in [1.82, 2.24) is 15.2 Å². The molecule has 6 heteroatoms. The summed E-state index contributed by atoms with van der Waals surface area (Å²) < 4.78 is 0. The van der Waals surface area contributed by atoms with E-state index in [0.29, 0.717) is 5.69 Å². The highest BCUT2D eigenvalue weighted by atomic mass is 32.1. The molecule has 2 amide bonds. The van der Waals surface area contributed by atoms with Crippen molar-refractivity contribution >= 4 is 23.2 Å². The molecular formula is C13H17N3O2S. The minimum atomic E-state index is -0.101. The Kier molecular flexibility index (Phi) is 3.26. The van der Waals surface area contributed by atoms with Crippen molar-refractivity contribution < 1.29 is 9.59 Å². The van der Waals surface area contributed by atoms with Crippen LogP contribution in [0, 0.1) is 6.92 Å². The van der Waals surface area contributed by atoms with Gasteiger partial charge in [0.2, 0.25) is 5.91 Å². The van der Waals surface area contributed by atoms with Crippen LogP contribution in [0.2, 0.25) is 0 Å². The Morgan fingerprint density at radius 3 is 3.00 bits per heavy atom. The van der Waals surface area contributed by atoms with Crippen molar-refractivity contribution in [2.24, 2.45) is 0 Å². The van der Waals surface area contributed by atoms with Crippen LogP contribution < -0.4 is 5.32 Å². The van der Waals surface area contributed by atoms with E-state index in [1.54, 1.807) is 10.3 Å². The zero-order valence-corrected chi connectivity index (χ0v) is 11.7. The van der Waals surface area contributed by atoms with Gasteiger partial charge in [-0.3, -0.25) is 9.59 Å². The number of hydrogen-bond acceptors (Lipinski definition) is 4. The van der Waals surface area contributed by atoms with E-state index in [9.17, 15) is 9.59 Å². The first-order chi connectivity index (χ1) is 9.15. The molecule has 1 aliphatic heterocycles. The van der Waals surface area contributed by atoms with Gasteiger partial charge in [-0.05, 0) is 19.8 Å². The van der Waals surface area contributed by atoms with Crippen LogP contribution in [0.4, 0.5) is 0 Å². The van der Waals surface area contributed by atoms with Crippen molar-refractivity contribution in [1.29, 1.82) is 0 Å². The number of rotatable bonds is 1. The number of aryl methyl sites for hydroxylation is 1. The van der Waals surface area contributed by atoms with Crippen molar-refractivity contribution in [2.45, 2.75) is 44.7 Å². The highest BCUT2D eigenvalue weighted by Gasteiger charge is 2.39. The van der Waals surface area contributed by atoms with Crippen LogP contribution >= 0.6 is 11.3 Å². The van der Waals surface area contributed by atoms with E-state index >= 15 is 0 Å². The predicted molar refractivity (Wildman–Crippen MR) is 72.1 cm³/mol. The molecule has 0 spiro atoms. The minimum absolute atomic E-state index is 0.0524. The van der Waals surface area contributed by atoms with Crippen LogP contribution in [0.3, 0.4) is 0 Å². The lowest BCUT2D eigenvalue weighted by Gasteiger charge is -2.43. The number of carbonyl (C=O) groups is 2. The summed E-state index contributed by atoms with van der Waals surface area (Å²) in [6.45, 7) is 2.05. The average molecular weight is 279 g/mol. The zero-order chi connectivity index (χ0) is 13.4. The monoisotopic (exact) mass is 279 g/mol. The summed E-state index contributed by atoms with van der Waals surface area (Å²) in [5, 5.41) is 5.67. The molecule has 1 saturated heterocycles. The fourth-order valence-corrected chi connectivity index (χ4v) is 3.60. The second-order valence-electron chi connectivity index (χ2n) is 5.21. The number of piperazine rings is 1. The Bertz CT molecular complexity index is 514. The topological polar surface area (TPSA) is 62.3 Å². The predicted octanol–water partition coefficient (Wildman–Crippen LogP) is 1.33. The molecule has 1 N–H and O–H groups in total. The number of nitrogens with one attached hydrogen (secondary N) is 1. The number of fused-ring (bicyclic) bond motifs is 1. The van der Waals surface area contributed by atoms with Gasteiger partial charge in [-0.25, -0.2) is 4.98 Å². The van der Waals surface area contributed by atoms with E-state index in [1.165, 1.54) is 11.3 Å². The zero-order valence-electron chi connectivity index (χ0n) is 10.9. The first-order valence-corrected chi connectivity index (χ1v) is 7.55. The van der Waals surface area contributed by atoms with Crippen molar-refractivity contribution in [2.75, 3.05) is 6.54 Å². The van der Waals surface area contributed by atoms with Gasteiger partial charge >= 0.3 is 0 Å². The number of thiazole rings is 1. The molecular weight excluding hydrogens is 262 g/mol. The van der Waals surface area contributed by atoms with Crippen LogP contribution in [0.1, 0.15) is 41.2 Å². The minimum Gasteiger partial charge on any atom is -0.350 e. The van der Waals surface area contributed by atoms with E-state index in [2.05, 4.69) is 10.3 Å². The van der Waals surface area contributed by atoms with Gasteiger partial charge in [0, 0.05) is 11.4 Å². The highest BCUT2D eigenvalue weighted by molar-refractivity contribution is 7.09. The van der Waals surface area contributed by atoms with Crippen molar-refractivity contribution in [3.8, 4) is 0 Å². The number of amides is 2. The van der Waals surface area contributed by atoms with E-state index in [0.717, 1.165) is 30.7 Å². The summed E-state index contributed by atoms with van der Waals surface area (Å²) in [7, 11) is 0. The molecule has 2 fully saturated rings. The maximum Gasteiger partial charge on any atom is 0.274 e. The SMILES string of the molecule is Cc1nc(C(=O)N2CC(=O)N[C@H]3CCCC[C@@H]32)cs1. The molecule has 19 heavy (non-hydrogen) atoms. The molecule has 1 aromatic rings. The molecule has 1 saturated carbocycles. The summed E-state index contributed by atoms with van der Waals surface area (Å²) in [6, 6.07) is 0.264. The molecule has 5 nitrogen and oxygen atoms in total. The summed E-state index contributed by atoms with van der Waals surface area (Å²) >= 11 is 1.47. The van der Waals surface area contributed by atoms with Crippen LogP contribution in [0.15, 0.2) is 5.38 Å². The third-order valence-electron chi connectivity index (χ3n) is 3.89. The fourth-order valence-electron chi connectivity index (χ4n) is 3.01. The molecule has 2 aliphatic rings. The Balaban J connectivity index is 1.84. The lowest BCUT2D eigenvalue weighted by atomic mass is 9.87. The molecule has 102 valence electrons. The summed E-state index contributed by atoms with van der Waals surface area (Å²) in [5.74, 6) is -0.153. The quantitative estimate of drug-likeness (QED) is 0.843. The Morgan fingerprint density at radius 2 is 2.26 bits per heavy atom. The molecule has 2 atom stereocenters. The number of nitrogens with zero attached hydrogens (tertiary/aromatic N) is 2. The van der Waals surface area contributed by atoms with Crippen LogP contribution in [0.5, 0.6) is 0 Å². The lowest BCUT2D eigenvalue weighted by Crippen LogP contribution is -2.62. The van der Waals surface area contributed by atoms with Crippen molar-refractivity contribution in [3.63, 3.8) is 0 Å². The molecule has 2 heterocycles. The standard InChI is InChI=1S/C13H17N3O2S/c1-8-14-10(7-19-8)13(18)16-6-12(17)15-9-4-2-3-5-11(9)16/h7,9,11H,2-6H2,1H3,(H,15,17)/t9-,11-/m0/s1. The Morgan fingerprint density at radius 1 is 1.47 bits per heavy atom. The first-order valence-electron chi connectivity index (χ1n) is 6.67. The second kappa shape index (κ2) is 4.92. The third-order valence-corrected chi connectivity index (χ3v) is 4.66. The highest BCUT2D eigenvalue weighted by Crippen LogP contribution is 2.27. The van der Waals surface area contributed by atoms with Gasteiger partial charge in [0.15, 0.2) is 0 Å². The van der Waals surface area contributed by atoms with Gasteiger partial charge in [0.25, 0.3) is 5.91 Å². The maximum absolute atomic E-state index is 12.5. The molecule has 1 aromatic heterocycles. The Hall–Kier alpha value is -1.43. The number of hydrogen-bond donors (Lipinski definition) is 1. The normalized spacial score (nSPS) is 26.8. The number of aromatic nitrogens is 1. The lowest BCUT2D eigenvalue weighted by molar-refractivity contribution is -0.127. The van der Waals surface area contributed by atoms with Crippen molar-refractivity contribution in [3.05, 3.63) is 16.1 Å². The van der Waals surface area contributed by atoms with E-state index < -0.39 is 0 Å². The van der Waals surface area contributed by atoms with E-state index in [4.69, 9.17) is 0 Å². The van der Waals surface area contributed by atoms with Gasteiger partial charge in [-0.1, -0.05) is 12.8 Å². The molecule has 0 unspecified atom stereocenters.